The maximum absolute atomic E-state index is 12.3. The fourth-order valence-electron chi connectivity index (χ4n) is 3.35. The van der Waals surface area contributed by atoms with Crippen LogP contribution < -0.4 is 10.6 Å². The van der Waals surface area contributed by atoms with E-state index in [2.05, 4.69) is 15.6 Å². The highest BCUT2D eigenvalue weighted by atomic mass is 32.1. The highest BCUT2D eigenvalue weighted by molar-refractivity contribution is 7.12. The van der Waals surface area contributed by atoms with Gasteiger partial charge >= 0.3 is 6.03 Å². The zero-order valence-electron chi connectivity index (χ0n) is 15.4. The van der Waals surface area contributed by atoms with Crippen molar-refractivity contribution in [3.8, 4) is 0 Å². The molecule has 1 aliphatic rings. The van der Waals surface area contributed by atoms with Crippen LogP contribution in [0.3, 0.4) is 0 Å². The Labute approximate surface area is 164 Å². The third kappa shape index (κ3) is 6.06. The molecule has 1 aliphatic heterocycles. The van der Waals surface area contributed by atoms with Crippen LogP contribution in [0.1, 0.15) is 41.8 Å². The summed E-state index contributed by atoms with van der Waals surface area (Å²) in [5.74, 6) is 0.857. The molecule has 6 nitrogen and oxygen atoms in total. The number of anilines is 1. The van der Waals surface area contributed by atoms with Crippen molar-refractivity contribution in [1.29, 1.82) is 0 Å². The summed E-state index contributed by atoms with van der Waals surface area (Å²) in [5.41, 5.74) is 0.742. The van der Waals surface area contributed by atoms with Gasteiger partial charge in [-0.25, -0.2) is 4.79 Å². The van der Waals surface area contributed by atoms with Gasteiger partial charge in [-0.15, -0.1) is 11.3 Å². The van der Waals surface area contributed by atoms with Crippen LogP contribution in [0.4, 0.5) is 10.5 Å². The molecule has 3 rings (SSSR count). The summed E-state index contributed by atoms with van der Waals surface area (Å²) < 4.78 is 0. The first-order valence-corrected chi connectivity index (χ1v) is 10.4. The number of hydrogen-bond donors (Lipinski definition) is 2. The summed E-state index contributed by atoms with van der Waals surface area (Å²) in [4.78, 5) is 30.9. The molecule has 0 radical (unpaired) electrons. The van der Waals surface area contributed by atoms with E-state index in [1.54, 1.807) is 24.5 Å². The van der Waals surface area contributed by atoms with E-state index < -0.39 is 0 Å². The van der Waals surface area contributed by atoms with Crippen LogP contribution in [0.5, 0.6) is 0 Å². The van der Waals surface area contributed by atoms with Crippen LogP contribution in [-0.4, -0.2) is 41.5 Å². The number of nitrogens with one attached hydrogen (secondary N) is 2. The van der Waals surface area contributed by atoms with Gasteiger partial charge in [-0.05, 0) is 48.8 Å². The quantitative estimate of drug-likeness (QED) is 0.707. The Hall–Kier alpha value is -2.41. The average molecular weight is 387 g/mol. The van der Waals surface area contributed by atoms with Crippen molar-refractivity contribution in [2.45, 2.75) is 32.1 Å². The minimum atomic E-state index is -0.179. The zero-order valence-corrected chi connectivity index (χ0v) is 16.2. The van der Waals surface area contributed by atoms with Crippen molar-refractivity contribution in [3.05, 3.63) is 46.9 Å². The van der Waals surface area contributed by atoms with Crippen LogP contribution in [0.15, 0.2) is 42.0 Å². The summed E-state index contributed by atoms with van der Waals surface area (Å²) in [7, 11) is 0. The van der Waals surface area contributed by atoms with Gasteiger partial charge < -0.3 is 15.5 Å². The predicted molar refractivity (Wildman–Crippen MR) is 108 cm³/mol. The minimum absolute atomic E-state index is 0.174. The lowest BCUT2D eigenvalue weighted by molar-refractivity contribution is 0.0690. The molecule has 27 heavy (non-hydrogen) atoms. The van der Waals surface area contributed by atoms with Gasteiger partial charge in [-0.2, -0.15) is 0 Å². The molecule has 0 unspecified atom stereocenters. The van der Waals surface area contributed by atoms with Crippen molar-refractivity contribution in [3.63, 3.8) is 0 Å². The molecule has 0 saturated carbocycles. The van der Waals surface area contributed by atoms with E-state index in [4.69, 9.17) is 0 Å². The van der Waals surface area contributed by atoms with Gasteiger partial charge in [0.2, 0.25) is 0 Å². The number of pyridine rings is 1. The van der Waals surface area contributed by atoms with Crippen molar-refractivity contribution in [1.82, 2.24) is 15.2 Å². The number of carbonyl (C=O) groups is 2. The van der Waals surface area contributed by atoms with E-state index in [9.17, 15) is 9.59 Å². The number of nitrogens with zero attached hydrogens (tertiary/aromatic N) is 2. The van der Waals surface area contributed by atoms with E-state index in [0.717, 1.165) is 55.8 Å². The molecule has 3 amide bonds. The Kier molecular flexibility index (Phi) is 7.21. The predicted octanol–water partition coefficient (Wildman–Crippen LogP) is 3.99. The fraction of sp³-hybridized carbons (Fsp3) is 0.450. The summed E-state index contributed by atoms with van der Waals surface area (Å²) in [6, 6.07) is 7.17. The Morgan fingerprint density at radius 3 is 2.63 bits per heavy atom. The van der Waals surface area contributed by atoms with Crippen LogP contribution >= 0.6 is 11.3 Å². The summed E-state index contributed by atoms with van der Waals surface area (Å²) in [6.45, 7) is 2.38. The lowest BCUT2D eigenvalue weighted by Crippen LogP contribution is -2.38. The molecule has 0 bridgehead atoms. The average Bonchev–Trinajstić information content (AvgIpc) is 3.23. The van der Waals surface area contributed by atoms with Crippen molar-refractivity contribution < 1.29 is 9.59 Å². The molecule has 1 saturated heterocycles. The summed E-state index contributed by atoms with van der Waals surface area (Å²) in [5, 5.41) is 7.62. The van der Waals surface area contributed by atoms with Crippen LogP contribution in [0, 0.1) is 5.92 Å². The molecule has 0 spiro atoms. The molecule has 2 aromatic rings. The number of likely N-dealkylation sites (tertiary alicyclic amines) is 1. The zero-order chi connectivity index (χ0) is 18.9. The molecular formula is C20H26N4O2S. The first-order chi connectivity index (χ1) is 13.2. The molecule has 144 valence electrons. The van der Waals surface area contributed by atoms with Crippen LogP contribution in [0.25, 0.3) is 0 Å². The third-order valence-corrected chi connectivity index (χ3v) is 5.75. The number of thiophene rings is 1. The maximum atomic E-state index is 12.3. The lowest BCUT2D eigenvalue weighted by atomic mass is 9.91. The molecule has 3 heterocycles. The molecule has 1 fully saturated rings. The molecule has 2 N–H and O–H groups in total. The molecule has 0 atom stereocenters. The number of hydrogen-bond acceptors (Lipinski definition) is 4. The standard InChI is InChI=1S/C20H26N4O2S/c25-19(18-5-3-15-27-18)24-13-8-16(9-14-24)4-1-2-10-22-20(26)23-17-6-11-21-12-7-17/h3,5-7,11-12,15-16H,1-2,4,8-10,13-14H2,(H2,21,22,23,26). The fourth-order valence-corrected chi connectivity index (χ4v) is 4.04. The lowest BCUT2D eigenvalue weighted by Gasteiger charge is -2.31. The van der Waals surface area contributed by atoms with E-state index >= 15 is 0 Å². The highest BCUT2D eigenvalue weighted by Crippen LogP contribution is 2.24. The van der Waals surface area contributed by atoms with E-state index in [0.29, 0.717) is 12.5 Å². The molecule has 2 aromatic heterocycles. The number of piperidine rings is 1. The molecule has 7 heteroatoms. The van der Waals surface area contributed by atoms with Gasteiger partial charge in [0.25, 0.3) is 5.91 Å². The van der Waals surface area contributed by atoms with E-state index in [1.165, 1.54) is 11.3 Å². The second kappa shape index (κ2) is 10.1. The number of unbranched alkanes of at least 4 members (excludes halogenated alkanes) is 1. The Balaban J connectivity index is 1.25. The topological polar surface area (TPSA) is 74.3 Å². The summed E-state index contributed by atoms with van der Waals surface area (Å²) in [6.07, 6.45) is 8.68. The largest absolute Gasteiger partial charge is 0.338 e. The van der Waals surface area contributed by atoms with Gasteiger partial charge in [0, 0.05) is 37.7 Å². The van der Waals surface area contributed by atoms with E-state index in [-0.39, 0.29) is 11.9 Å². The minimum Gasteiger partial charge on any atom is -0.338 e. The Morgan fingerprint density at radius 2 is 1.93 bits per heavy atom. The van der Waals surface area contributed by atoms with Crippen LogP contribution in [-0.2, 0) is 0 Å². The second-order valence-corrected chi connectivity index (χ2v) is 7.77. The molecular weight excluding hydrogens is 360 g/mol. The van der Waals surface area contributed by atoms with Gasteiger partial charge in [-0.1, -0.05) is 18.9 Å². The molecule has 0 aliphatic carbocycles. The molecule has 0 aromatic carbocycles. The Bertz CT molecular complexity index is 713. The second-order valence-electron chi connectivity index (χ2n) is 6.83. The van der Waals surface area contributed by atoms with Gasteiger partial charge in [0.05, 0.1) is 4.88 Å². The van der Waals surface area contributed by atoms with Gasteiger partial charge in [0.15, 0.2) is 0 Å². The normalized spacial score (nSPS) is 14.7. The number of urea groups is 1. The first kappa shape index (κ1) is 19.4. The number of rotatable bonds is 7. The number of amides is 3. The maximum Gasteiger partial charge on any atom is 0.319 e. The number of carbonyl (C=O) groups excluding carboxylic acids is 2. The first-order valence-electron chi connectivity index (χ1n) is 9.50. The summed E-state index contributed by atoms with van der Waals surface area (Å²) >= 11 is 1.51. The number of aromatic nitrogens is 1. The smallest absolute Gasteiger partial charge is 0.319 e. The van der Waals surface area contributed by atoms with E-state index in [1.807, 2.05) is 22.4 Å². The third-order valence-electron chi connectivity index (χ3n) is 4.90. The monoisotopic (exact) mass is 386 g/mol. The van der Waals surface area contributed by atoms with Gasteiger partial charge in [-0.3, -0.25) is 9.78 Å². The van der Waals surface area contributed by atoms with Crippen molar-refractivity contribution in [2.24, 2.45) is 5.92 Å². The highest BCUT2D eigenvalue weighted by Gasteiger charge is 2.23. The van der Waals surface area contributed by atoms with Crippen LogP contribution in [0.2, 0.25) is 0 Å². The van der Waals surface area contributed by atoms with Gasteiger partial charge in [0.1, 0.15) is 0 Å². The van der Waals surface area contributed by atoms with Crippen molar-refractivity contribution in [2.75, 3.05) is 25.0 Å². The SMILES string of the molecule is O=C(NCCCCC1CCN(C(=O)c2cccs2)CC1)Nc1ccncc1. The van der Waals surface area contributed by atoms with Crippen molar-refractivity contribution >= 4 is 29.0 Å². The Morgan fingerprint density at radius 1 is 1.15 bits per heavy atom.